The van der Waals surface area contributed by atoms with Crippen molar-refractivity contribution in [3.05, 3.63) is 29.8 Å². The Bertz CT molecular complexity index is 472. The molecule has 0 spiro atoms. The topological polar surface area (TPSA) is 61.8 Å². The Labute approximate surface area is 126 Å². The fourth-order valence-electron chi connectivity index (χ4n) is 2.06. The van der Waals surface area contributed by atoms with Gasteiger partial charge in [-0.05, 0) is 24.6 Å². The number of rotatable bonds is 6. The Morgan fingerprint density at radius 2 is 2.14 bits per heavy atom. The maximum Gasteiger partial charge on any atom is 0.317 e. The first kappa shape index (κ1) is 17.3. The largest absolute Gasteiger partial charge is 0.497 e. The van der Waals surface area contributed by atoms with Crippen LogP contribution in [0.5, 0.6) is 5.75 Å². The first-order valence-electron chi connectivity index (χ1n) is 7.08. The molecule has 1 atom stereocenters. The van der Waals surface area contributed by atoms with Gasteiger partial charge in [0, 0.05) is 25.6 Å². The predicted octanol–water partition coefficient (Wildman–Crippen LogP) is 2.00. The summed E-state index contributed by atoms with van der Waals surface area (Å²) in [6.45, 7) is 6.60. The number of benzene rings is 1. The fraction of sp³-hybridized carbons (Fsp3) is 0.562. The van der Waals surface area contributed by atoms with Crippen molar-refractivity contribution in [3.8, 4) is 5.75 Å². The van der Waals surface area contributed by atoms with Crippen LogP contribution in [-0.2, 0) is 5.41 Å². The van der Waals surface area contributed by atoms with Gasteiger partial charge in [0.15, 0.2) is 0 Å². The molecular weight excluding hydrogens is 268 g/mol. The number of nitrogens with zero attached hydrogens (tertiary/aromatic N) is 1. The standard InChI is InChI=1S/C16H26N2O3/c1-12(19)10-18(4)15(20)17-11-16(2,3)13-7-6-8-14(9-13)21-5/h6-9,12,19H,10-11H2,1-5H3,(H,17,20). The van der Waals surface area contributed by atoms with E-state index < -0.39 is 6.10 Å². The lowest BCUT2D eigenvalue weighted by atomic mass is 9.84. The first-order chi connectivity index (χ1) is 9.76. The van der Waals surface area contributed by atoms with Crippen molar-refractivity contribution in [1.29, 1.82) is 0 Å². The Balaban J connectivity index is 2.65. The van der Waals surface area contributed by atoms with Gasteiger partial charge in [0.05, 0.1) is 13.2 Å². The first-order valence-corrected chi connectivity index (χ1v) is 7.08. The number of ether oxygens (including phenoxy) is 1. The molecule has 2 amide bonds. The van der Waals surface area contributed by atoms with E-state index in [4.69, 9.17) is 4.74 Å². The van der Waals surface area contributed by atoms with Gasteiger partial charge in [-0.3, -0.25) is 0 Å². The number of carbonyl (C=O) groups excluding carboxylic acids is 1. The molecular formula is C16H26N2O3. The van der Waals surface area contributed by atoms with Crippen LogP contribution in [0.3, 0.4) is 0 Å². The molecule has 0 aromatic heterocycles. The summed E-state index contributed by atoms with van der Waals surface area (Å²) in [6, 6.07) is 7.65. The van der Waals surface area contributed by atoms with E-state index in [1.54, 1.807) is 21.1 Å². The number of nitrogens with one attached hydrogen (secondary N) is 1. The van der Waals surface area contributed by atoms with Crippen molar-refractivity contribution in [2.45, 2.75) is 32.3 Å². The predicted molar refractivity (Wildman–Crippen MR) is 83.7 cm³/mol. The number of urea groups is 1. The summed E-state index contributed by atoms with van der Waals surface area (Å²) in [5.41, 5.74) is 0.885. The normalized spacial score (nSPS) is 12.7. The number of likely N-dealkylation sites (N-methyl/N-ethyl adjacent to an activating group) is 1. The average molecular weight is 294 g/mol. The number of aliphatic hydroxyl groups is 1. The number of hydrogen-bond donors (Lipinski definition) is 2. The molecule has 0 bridgehead atoms. The molecule has 0 fully saturated rings. The van der Waals surface area contributed by atoms with Gasteiger partial charge in [-0.1, -0.05) is 26.0 Å². The summed E-state index contributed by atoms with van der Waals surface area (Å²) >= 11 is 0. The SMILES string of the molecule is COc1cccc(C(C)(C)CNC(=O)N(C)CC(C)O)c1. The highest BCUT2D eigenvalue weighted by Gasteiger charge is 2.23. The van der Waals surface area contributed by atoms with Gasteiger partial charge in [-0.25, -0.2) is 4.79 Å². The second-order valence-electron chi connectivity index (χ2n) is 6.00. The van der Waals surface area contributed by atoms with E-state index in [9.17, 15) is 9.90 Å². The minimum absolute atomic E-state index is 0.188. The van der Waals surface area contributed by atoms with Crippen LogP contribution in [0, 0.1) is 0 Å². The van der Waals surface area contributed by atoms with Gasteiger partial charge < -0.3 is 20.1 Å². The highest BCUT2D eigenvalue weighted by atomic mass is 16.5. The Kier molecular flexibility index (Phi) is 6.03. The third-order valence-corrected chi connectivity index (χ3v) is 3.42. The van der Waals surface area contributed by atoms with Crippen LogP contribution in [-0.4, -0.2) is 49.4 Å². The molecule has 0 saturated heterocycles. The molecule has 21 heavy (non-hydrogen) atoms. The molecule has 1 unspecified atom stereocenters. The molecule has 5 heteroatoms. The zero-order chi connectivity index (χ0) is 16.0. The molecule has 1 aromatic rings. The Morgan fingerprint density at radius 3 is 2.71 bits per heavy atom. The molecule has 0 aliphatic rings. The zero-order valence-electron chi connectivity index (χ0n) is 13.5. The number of hydrogen-bond acceptors (Lipinski definition) is 3. The lowest BCUT2D eigenvalue weighted by Gasteiger charge is -2.28. The number of carbonyl (C=O) groups is 1. The molecule has 1 rings (SSSR count). The van der Waals surface area contributed by atoms with Crippen LogP contribution in [0.4, 0.5) is 4.79 Å². The summed E-state index contributed by atoms with van der Waals surface area (Å²) in [7, 11) is 3.31. The second-order valence-corrected chi connectivity index (χ2v) is 6.00. The van der Waals surface area contributed by atoms with Gasteiger partial charge in [-0.2, -0.15) is 0 Å². The van der Waals surface area contributed by atoms with Gasteiger partial charge in [0.25, 0.3) is 0 Å². The summed E-state index contributed by atoms with van der Waals surface area (Å²) in [6.07, 6.45) is -0.535. The molecule has 0 heterocycles. The monoisotopic (exact) mass is 294 g/mol. The van der Waals surface area contributed by atoms with Crippen LogP contribution in [0.25, 0.3) is 0 Å². The van der Waals surface area contributed by atoms with Crippen molar-refractivity contribution in [2.24, 2.45) is 0 Å². The molecule has 118 valence electrons. The third-order valence-electron chi connectivity index (χ3n) is 3.42. The maximum atomic E-state index is 12.0. The van der Waals surface area contributed by atoms with Crippen molar-refractivity contribution in [2.75, 3.05) is 27.2 Å². The Hall–Kier alpha value is -1.75. The quantitative estimate of drug-likeness (QED) is 0.843. The lowest BCUT2D eigenvalue weighted by molar-refractivity contribution is 0.143. The number of aliphatic hydroxyl groups excluding tert-OH is 1. The van der Waals surface area contributed by atoms with E-state index in [0.717, 1.165) is 11.3 Å². The summed E-state index contributed by atoms with van der Waals surface area (Å²) < 4.78 is 5.23. The summed E-state index contributed by atoms with van der Waals surface area (Å²) in [4.78, 5) is 13.4. The van der Waals surface area contributed by atoms with Crippen LogP contribution in [0.15, 0.2) is 24.3 Å². The van der Waals surface area contributed by atoms with E-state index in [1.807, 2.05) is 24.3 Å². The minimum atomic E-state index is -0.535. The van der Waals surface area contributed by atoms with Crippen LogP contribution >= 0.6 is 0 Å². The fourth-order valence-corrected chi connectivity index (χ4v) is 2.06. The lowest BCUT2D eigenvalue weighted by Crippen LogP contribution is -2.45. The van der Waals surface area contributed by atoms with Gasteiger partial charge in [-0.15, -0.1) is 0 Å². The van der Waals surface area contributed by atoms with Crippen LogP contribution in [0.1, 0.15) is 26.3 Å². The molecule has 0 aliphatic heterocycles. The average Bonchev–Trinajstić information content (AvgIpc) is 2.44. The minimum Gasteiger partial charge on any atom is -0.497 e. The van der Waals surface area contributed by atoms with E-state index in [-0.39, 0.29) is 11.4 Å². The van der Waals surface area contributed by atoms with E-state index in [2.05, 4.69) is 19.2 Å². The van der Waals surface area contributed by atoms with E-state index >= 15 is 0 Å². The number of methoxy groups -OCH3 is 1. The molecule has 2 N–H and O–H groups in total. The highest BCUT2D eigenvalue weighted by Crippen LogP contribution is 2.25. The van der Waals surface area contributed by atoms with Crippen molar-refractivity contribution >= 4 is 6.03 Å². The van der Waals surface area contributed by atoms with Gasteiger partial charge >= 0.3 is 6.03 Å². The van der Waals surface area contributed by atoms with E-state index in [0.29, 0.717) is 13.1 Å². The van der Waals surface area contributed by atoms with Crippen molar-refractivity contribution < 1.29 is 14.6 Å². The summed E-state index contributed by atoms with van der Waals surface area (Å²) in [5.74, 6) is 0.804. The second kappa shape index (κ2) is 7.31. The third kappa shape index (κ3) is 5.27. The molecule has 1 aromatic carbocycles. The maximum absolute atomic E-state index is 12.0. The van der Waals surface area contributed by atoms with Crippen LogP contribution < -0.4 is 10.1 Å². The molecule has 5 nitrogen and oxygen atoms in total. The summed E-state index contributed by atoms with van der Waals surface area (Å²) in [5, 5.41) is 12.2. The highest BCUT2D eigenvalue weighted by molar-refractivity contribution is 5.74. The van der Waals surface area contributed by atoms with Crippen LogP contribution in [0.2, 0.25) is 0 Å². The zero-order valence-corrected chi connectivity index (χ0v) is 13.5. The Morgan fingerprint density at radius 1 is 1.48 bits per heavy atom. The van der Waals surface area contributed by atoms with Crippen molar-refractivity contribution in [1.82, 2.24) is 10.2 Å². The molecule has 0 saturated carbocycles. The van der Waals surface area contributed by atoms with E-state index in [1.165, 1.54) is 4.90 Å². The van der Waals surface area contributed by atoms with Crippen molar-refractivity contribution in [3.63, 3.8) is 0 Å². The van der Waals surface area contributed by atoms with Gasteiger partial charge in [0.1, 0.15) is 5.75 Å². The number of amides is 2. The molecule has 0 aliphatic carbocycles. The molecule has 0 radical (unpaired) electrons. The van der Waals surface area contributed by atoms with Gasteiger partial charge in [0.2, 0.25) is 0 Å². The smallest absolute Gasteiger partial charge is 0.317 e.